The van der Waals surface area contributed by atoms with Crippen LogP contribution in [0.5, 0.6) is 0 Å². The molecule has 0 fully saturated rings. The Balaban J connectivity index is 3.12. The van der Waals surface area contributed by atoms with Gasteiger partial charge in [0.2, 0.25) is 10.0 Å². The fourth-order valence-corrected chi connectivity index (χ4v) is 3.33. The van der Waals surface area contributed by atoms with Crippen molar-refractivity contribution in [1.29, 1.82) is 0 Å². The molecule has 120 valence electrons. The predicted octanol–water partition coefficient (Wildman–Crippen LogP) is 2.57. The van der Waals surface area contributed by atoms with Crippen molar-refractivity contribution in [2.45, 2.75) is 46.1 Å². The highest BCUT2D eigenvalue weighted by atomic mass is 32.2. The fourth-order valence-electron chi connectivity index (χ4n) is 1.75. The van der Waals surface area contributed by atoms with Crippen LogP contribution >= 0.6 is 0 Å². The van der Waals surface area contributed by atoms with E-state index in [0.717, 1.165) is 6.54 Å². The zero-order valence-corrected chi connectivity index (χ0v) is 14.2. The van der Waals surface area contributed by atoms with Crippen LogP contribution in [0.2, 0.25) is 0 Å². The van der Waals surface area contributed by atoms with Gasteiger partial charge in [0.15, 0.2) is 0 Å². The molecule has 0 bridgehead atoms. The van der Waals surface area contributed by atoms with Crippen molar-refractivity contribution >= 4 is 10.0 Å². The molecule has 0 amide bonds. The Labute approximate surface area is 127 Å². The summed E-state index contributed by atoms with van der Waals surface area (Å²) in [6, 6.07) is 2.91. The lowest BCUT2D eigenvalue weighted by Gasteiger charge is -2.19. The van der Waals surface area contributed by atoms with Crippen LogP contribution in [0.25, 0.3) is 0 Å². The lowest BCUT2D eigenvalue weighted by atomic mass is 9.98. The lowest BCUT2D eigenvalue weighted by Crippen LogP contribution is -2.33. The van der Waals surface area contributed by atoms with Crippen LogP contribution in [0.1, 0.15) is 38.8 Å². The molecule has 0 atom stereocenters. The van der Waals surface area contributed by atoms with Gasteiger partial charge in [0, 0.05) is 18.7 Å². The summed E-state index contributed by atoms with van der Waals surface area (Å²) in [6.07, 6.45) is 0. The van der Waals surface area contributed by atoms with Gasteiger partial charge < -0.3 is 5.32 Å². The summed E-state index contributed by atoms with van der Waals surface area (Å²) in [4.78, 5) is 0.0136. The Kier molecular flexibility index (Phi) is 5.90. The van der Waals surface area contributed by atoms with E-state index in [4.69, 9.17) is 0 Å². The van der Waals surface area contributed by atoms with Gasteiger partial charge in [0.25, 0.3) is 0 Å². The third-order valence-electron chi connectivity index (χ3n) is 3.02. The molecule has 1 rings (SSSR count). The minimum Gasteiger partial charge on any atom is -0.313 e. The first-order valence-electron chi connectivity index (χ1n) is 7.06. The van der Waals surface area contributed by atoms with Gasteiger partial charge in [-0.15, -0.1) is 0 Å². The van der Waals surface area contributed by atoms with Crippen LogP contribution in [-0.2, 0) is 16.6 Å². The van der Waals surface area contributed by atoms with Crippen molar-refractivity contribution in [3.05, 3.63) is 29.1 Å². The lowest BCUT2D eigenvalue weighted by molar-refractivity contribution is 0.407. The second kappa shape index (κ2) is 6.85. The van der Waals surface area contributed by atoms with Gasteiger partial charge in [-0.25, -0.2) is 17.5 Å². The Morgan fingerprint density at radius 1 is 1.24 bits per heavy atom. The summed E-state index contributed by atoms with van der Waals surface area (Å²) in [5.74, 6) is -0.499. The van der Waals surface area contributed by atoms with Gasteiger partial charge in [0.05, 0.1) is 4.90 Å². The van der Waals surface area contributed by atoms with Crippen LogP contribution in [0.4, 0.5) is 4.39 Å². The molecule has 6 heteroatoms. The normalized spacial score (nSPS) is 12.7. The highest BCUT2D eigenvalue weighted by Crippen LogP contribution is 2.21. The molecule has 4 nitrogen and oxygen atoms in total. The molecule has 0 unspecified atom stereocenters. The van der Waals surface area contributed by atoms with E-state index in [2.05, 4.69) is 10.0 Å². The van der Waals surface area contributed by atoms with E-state index in [0.29, 0.717) is 18.7 Å². The molecule has 0 heterocycles. The monoisotopic (exact) mass is 316 g/mol. The molecular formula is C15H25FN2O2S. The van der Waals surface area contributed by atoms with Crippen molar-refractivity contribution in [2.24, 2.45) is 5.41 Å². The van der Waals surface area contributed by atoms with Gasteiger partial charge in [0.1, 0.15) is 5.82 Å². The number of rotatable bonds is 6. The first-order valence-corrected chi connectivity index (χ1v) is 8.54. The van der Waals surface area contributed by atoms with Crippen molar-refractivity contribution in [3.63, 3.8) is 0 Å². The van der Waals surface area contributed by atoms with Gasteiger partial charge in [-0.3, -0.25) is 0 Å². The molecule has 1 aromatic carbocycles. The number of hydrogen-bond acceptors (Lipinski definition) is 3. The molecule has 0 aliphatic rings. The van der Waals surface area contributed by atoms with Gasteiger partial charge in [-0.1, -0.05) is 27.7 Å². The Morgan fingerprint density at radius 2 is 1.86 bits per heavy atom. The van der Waals surface area contributed by atoms with E-state index in [1.807, 2.05) is 27.7 Å². The highest BCUT2D eigenvalue weighted by Gasteiger charge is 2.22. The standard InChI is InChI=1S/C15H25FN2O2S/c1-6-17-9-12-7-13(16)11(2)14(8-12)21(19,20)18-10-15(3,4)5/h7-8,17-18H,6,9-10H2,1-5H3. The van der Waals surface area contributed by atoms with E-state index >= 15 is 0 Å². The average molecular weight is 316 g/mol. The number of halogens is 1. The molecule has 21 heavy (non-hydrogen) atoms. The smallest absolute Gasteiger partial charge is 0.240 e. The van der Waals surface area contributed by atoms with Crippen LogP contribution < -0.4 is 10.0 Å². The summed E-state index contributed by atoms with van der Waals surface area (Å²) in [7, 11) is -3.71. The Bertz CT molecular complexity index is 592. The second-order valence-corrected chi connectivity index (χ2v) is 8.10. The minimum atomic E-state index is -3.71. The molecular weight excluding hydrogens is 291 g/mol. The highest BCUT2D eigenvalue weighted by molar-refractivity contribution is 7.89. The first kappa shape index (κ1) is 18.1. The predicted molar refractivity (Wildman–Crippen MR) is 83.2 cm³/mol. The SMILES string of the molecule is CCNCc1cc(F)c(C)c(S(=O)(=O)NCC(C)(C)C)c1. The van der Waals surface area contributed by atoms with E-state index in [-0.39, 0.29) is 15.9 Å². The largest absolute Gasteiger partial charge is 0.313 e. The van der Waals surface area contributed by atoms with Crippen LogP contribution in [0, 0.1) is 18.2 Å². The third-order valence-corrected chi connectivity index (χ3v) is 4.55. The zero-order chi connectivity index (χ0) is 16.3. The van der Waals surface area contributed by atoms with Crippen LogP contribution in [0.15, 0.2) is 17.0 Å². The van der Waals surface area contributed by atoms with Gasteiger partial charge in [-0.05, 0) is 36.6 Å². The maximum atomic E-state index is 14.0. The number of hydrogen-bond donors (Lipinski definition) is 2. The van der Waals surface area contributed by atoms with E-state index in [1.54, 1.807) is 0 Å². The molecule has 0 radical (unpaired) electrons. The van der Waals surface area contributed by atoms with Gasteiger partial charge >= 0.3 is 0 Å². The van der Waals surface area contributed by atoms with E-state index in [9.17, 15) is 12.8 Å². The van der Waals surface area contributed by atoms with Crippen LogP contribution in [-0.4, -0.2) is 21.5 Å². The minimum absolute atomic E-state index is 0.0136. The van der Waals surface area contributed by atoms with Crippen molar-refractivity contribution in [3.8, 4) is 0 Å². The zero-order valence-electron chi connectivity index (χ0n) is 13.4. The number of benzene rings is 1. The molecule has 0 spiro atoms. The van der Waals surface area contributed by atoms with Crippen molar-refractivity contribution < 1.29 is 12.8 Å². The summed E-state index contributed by atoms with van der Waals surface area (Å²) in [5, 5.41) is 3.06. The van der Waals surface area contributed by atoms with Crippen molar-refractivity contribution in [1.82, 2.24) is 10.0 Å². The second-order valence-electron chi connectivity index (χ2n) is 6.37. The molecule has 0 aromatic heterocycles. The fraction of sp³-hybridized carbons (Fsp3) is 0.600. The molecule has 0 aliphatic carbocycles. The summed E-state index contributed by atoms with van der Waals surface area (Å²) >= 11 is 0. The third kappa shape index (κ3) is 5.37. The summed E-state index contributed by atoms with van der Waals surface area (Å²) in [6.45, 7) is 10.7. The molecule has 0 saturated carbocycles. The Hall–Kier alpha value is -0.980. The van der Waals surface area contributed by atoms with E-state index in [1.165, 1.54) is 19.1 Å². The average Bonchev–Trinajstić information content (AvgIpc) is 2.37. The quantitative estimate of drug-likeness (QED) is 0.848. The number of sulfonamides is 1. The molecule has 2 N–H and O–H groups in total. The topological polar surface area (TPSA) is 58.2 Å². The van der Waals surface area contributed by atoms with Gasteiger partial charge in [-0.2, -0.15) is 0 Å². The maximum absolute atomic E-state index is 14.0. The molecule has 0 saturated heterocycles. The van der Waals surface area contributed by atoms with Crippen molar-refractivity contribution in [2.75, 3.05) is 13.1 Å². The maximum Gasteiger partial charge on any atom is 0.240 e. The molecule has 0 aliphatic heterocycles. The number of nitrogens with one attached hydrogen (secondary N) is 2. The van der Waals surface area contributed by atoms with Crippen LogP contribution in [0.3, 0.4) is 0 Å². The summed E-state index contributed by atoms with van der Waals surface area (Å²) < 4.78 is 41.3. The molecule has 1 aromatic rings. The van der Waals surface area contributed by atoms with E-state index < -0.39 is 15.8 Å². The first-order chi connectivity index (χ1) is 9.57. The summed E-state index contributed by atoms with van der Waals surface area (Å²) in [5.41, 5.74) is 0.591. The Morgan fingerprint density at radius 3 is 2.38 bits per heavy atom.